The third kappa shape index (κ3) is 2.86. The molecule has 1 heterocycles. The van der Waals surface area contributed by atoms with E-state index in [4.69, 9.17) is 5.26 Å². The molecule has 0 saturated heterocycles. The molecular weight excluding hydrogens is 228 g/mol. The molecular formula is C14H14N2S. The fourth-order valence-corrected chi connectivity index (χ4v) is 2.50. The number of nitrogens with one attached hydrogen (secondary N) is 1. The van der Waals surface area contributed by atoms with Gasteiger partial charge >= 0.3 is 0 Å². The van der Waals surface area contributed by atoms with Crippen molar-refractivity contribution in [1.82, 2.24) is 0 Å². The number of thiophene rings is 1. The molecule has 17 heavy (non-hydrogen) atoms. The van der Waals surface area contributed by atoms with Crippen molar-refractivity contribution in [1.29, 1.82) is 5.26 Å². The van der Waals surface area contributed by atoms with Gasteiger partial charge in [0, 0.05) is 16.3 Å². The van der Waals surface area contributed by atoms with Crippen LogP contribution in [0.15, 0.2) is 30.3 Å². The summed E-state index contributed by atoms with van der Waals surface area (Å²) in [5, 5.41) is 12.4. The standard InChI is InChI=1S/C14H14N2S/c1-10-3-6-14(12(7-10)8-15)16-9-13-5-4-11(2)17-13/h3-7,16H,9H2,1-2H3. The van der Waals surface area contributed by atoms with Crippen LogP contribution in [0.4, 0.5) is 5.69 Å². The van der Waals surface area contributed by atoms with Crippen LogP contribution >= 0.6 is 11.3 Å². The number of aryl methyl sites for hydroxylation is 2. The molecule has 86 valence electrons. The van der Waals surface area contributed by atoms with E-state index in [0.29, 0.717) is 5.56 Å². The molecule has 0 aliphatic heterocycles. The maximum absolute atomic E-state index is 9.06. The highest BCUT2D eigenvalue weighted by molar-refractivity contribution is 7.11. The molecule has 1 N–H and O–H groups in total. The van der Waals surface area contributed by atoms with Crippen LogP contribution in [-0.2, 0) is 6.54 Å². The molecule has 0 aliphatic rings. The second-order valence-corrected chi connectivity index (χ2v) is 5.40. The van der Waals surface area contributed by atoms with Gasteiger partial charge in [-0.3, -0.25) is 0 Å². The second kappa shape index (κ2) is 5.03. The fraction of sp³-hybridized carbons (Fsp3) is 0.214. The summed E-state index contributed by atoms with van der Waals surface area (Å²) < 4.78 is 0. The molecule has 0 amide bonds. The summed E-state index contributed by atoms with van der Waals surface area (Å²) in [6.45, 7) is 4.87. The van der Waals surface area contributed by atoms with Crippen LogP contribution in [-0.4, -0.2) is 0 Å². The number of hydrogen-bond donors (Lipinski definition) is 1. The Labute approximate surface area is 106 Å². The summed E-state index contributed by atoms with van der Waals surface area (Å²) in [6.07, 6.45) is 0. The summed E-state index contributed by atoms with van der Waals surface area (Å²) in [7, 11) is 0. The van der Waals surface area contributed by atoms with Gasteiger partial charge in [-0.25, -0.2) is 0 Å². The lowest BCUT2D eigenvalue weighted by atomic mass is 10.1. The first-order valence-electron chi connectivity index (χ1n) is 5.49. The van der Waals surface area contributed by atoms with Gasteiger partial charge in [-0.1, -0.05) is 6.07 Å². The van der Waals surface area contributed by atoms with Crippen molar-refractivity contribution in [3.63, 3.8) is 0 Å². The summed E-state index contributed by atoms with van der Waals surface area (Å²) in [6, 6.07) is 12.3. The van der Waals surface area contributed by atoms with E-state index < -0.39 is 0 Å². The van der Waals surface area contributed by atoms with E-state index in [-0.39, 0.29) is 0 Å². The van der Waals surface area contributed by atoms with Crippen molar-refractivity contribution in [2.75, 3.05) is 5.32 Å². The quantitative estimate of drug-likeness (QED) is 0.887. The Balaban J connectivity index is 2.12. The van der Waals surface area contributed by atoms with Gasteiger partial charge in [0.15, 0.2) is 0 Å². The van der Waals surface area contributed by atoms with E-state index >= 15 is 0 Å². The van der Waals surface area contributed by atoms with E-state index in [1.54, 1.807) is 11.3 Å². The normalized spacial score (nSPS) is 9.94. The van der Waals surface area contributed by atoms with Gasteiger partial charge in [-0.05, 0) is 43.7 Å². The van der Waals surface area contributed by atoms with Crippen molar-refractivity contribution < 1.29 is 0 Å². The largest absolute Gasteiger partial charge is 0.379 e. The molecule has 0 fully saturated rings. The fourth-order valence-electron chi connectivity index (χ4n) is 1.67. The number of nitriles is 1. The molecule has 1 aromatic heterocycles. The zero-order valence-corrected chi connectivity index (χ0v) is 10.8. The molecule has 3 heteroatoms. The average Bonchev–Trinajstić information content (AvgIpc) is 2.73. The van der Waals surface area contributed by atoms with Crippen LogP contribution in [0, 0.1) is 25.2 Å². The van der Waals surface area contributed by atoms with Crippen molar-refractivity contribution >= 4 is 17.0 Å². The topological polar surface area (TPSA) is 35.8 Å². The Bertz CT molecular complexity index is 564. The number of anilines is 1. The van der Waals surface area contributed by atoms with Crippen molar-refractivity contribution in [3.05, 3.63) is 51.2 Å². The van der Waals surface area contributed by atoms with Gasteiger partial charge in [0.25, 0.3) is 0 Å². The van der Waals surface area contributed by atoms with Crippen LogP contribution in [0.1, 0.15) is 20.9 Å². The lowest BCUT2D eigenvalue weighted by Crippen LogP contribution is -1.99. The summed E-state index contributed by atoms with van der Waals surface area (Å²) in [5.74, 6) is 0. The lowest BCUT2D eigenvalue weighted by molar-refractivity contribution is 1.18. The zero-order valence-electron chi connectivity index (χ0n) is 9.95. The van der Waals surface area contributed by atoms with Crippen molar-refractivity contribution in [2.24, 2.45) is 0 Å². The molecule has 2 nitrogen and oxygen atoms in total. The summed E-state index contributed by atoms with van der Waals surface area (Å²) in [4.78, 5) is 2.60. The number of hydrogen-bond acceptors (Lipinski definition) is 3. The smallest absolute Gasteiger partial charge is 0.101 e. The Morgan fingerprint density at radius 2 is 2.06 bits per heavy atom. The maximum Gasteiger partial charge on any atom is 0.101 e. The number of rotatable bonds is 3. The Kier molecular flexibility index (Phi) is 3.46. The molecule has 0 spiro atoms. The molecule has 1 aromatic carbocycles. The van der Waals surface area contributed by atoms with E-state index in [1.807, 2.05) is 25.1 Å². The van der Waals surface area contributed by atoms with Gasteiger partial charge in [0.05, 0.1) is 11.3 Å². The third-order valence-electron chi connectivity index (χ3n) is 2.54. The molecule has 0 saturated carbocycles. The first-order chi connectivity index (χ1) is 8.19. The van der Waals surface area contributed by atoms with Crippen molar-refractivity contribution in [2.45, 2.75) is 20.4 Å². The minimum Gasteiger partial charge on any atom is -0.379 e. The Morgan fingerprint density at radius 1 is 1.24 bits per heavy atom. The van der Waals surface area contributed by atoms with E-state index in [2.05, 4.69) is 30.4 Å². The SMILES string of the molecule is Cc1ccc(NCc2ccc(C)s2)c(C#N)c1. The van der Waals surface area contributed by atoms with Crippen LogP contribution in [0.5, 0.6) is 0 Å². The third-order valence-corrected chi connectivity index (χ3v) is 3.55. The van der Waals surface area contributed by atoms with Crippen LogP contribution in [0.3, 0.4) is 0 Å². The van der Waals surface area contributed by atoms with Gasteiger partial charge in [-0.15, -0.1) is 11.3 Å². The molecule has 2 aromatic rings. The minimum atomic E-state index is 0.707. The van der Waals surface area contributed by atoms with Crippen molar-refractivity contribution in [3.8, 4) is 6.07 Å². The predicted molar refractivity (Wildman–Crippen MR) is 72.3 cm³/mol. The highest BCUT2D eigenvalue weighted by Gasteiger charge is 2.02. The number of nitrogens with zero attached hydrogens (tertiary/aromatic N) is 1. The number of benzene rings is 1. The zero-order chi connectivity index (χ0) is 12.3. The first kappa shape index (κ1) is 11.7. The molecule has 0 atom stereocenters. The van der Waals surface area contributed by atoms with Gasteiger partial charge in [0.1, 0.15) is 6.07 Å². The molecule has 0 radical (unpaired) electrons. The molecule has 0 aliphatic carbocycles. The van der Waals surface area contributed by atoms with E-state index in [1.165, 1.54) is 9.75 Å². The van der Waals surface area contributed by atoms with Gasteiger partial charge < -0.3 is 5.32 Å². The monoisotopic (exact) mass is 242 g/mol. The van der Waals surface area contributed by atoms with Crippen LogP contribution in [0.2, 0.25) is 0 Å². The predicted octanol–water partition coefficient (Wildman–Crippen LogP) is 3.85. The van der Waals surface area contributed by atoms with E-state index in [9.17, 15) is 0 Å². The molecule has 2 rings (SSSR count). The average molecular weight is 242 g/mol. The maximum atomic E-state index is 9.06. The first-order valence-corrected chi connectivity index (χ1v) is 6.30. The minimum absolute atomic E-state index is 0.707. The van der Waals surface area contributed by atoms with Gasteiger partial charge in [0.2, 0.25) is 0 Å². The second-order valence-electron chi connectivity index (χ2n) is 4.03. The Morgan fingerprint density at radius 3 is 2.71 bits per heavy atom. The van der Waals surface area contributed by atoms with Gasteiger partial charge in [-0.2, -0.15) is 5.26 Å². The highest BCUT2D eigenvalue weighted by atomic mass is 32.1. The molecule has 0 unspecified atom stereocenters. The highest BCUT2D eigenvalue weighted by Crippen LogP contribution is 2.20. The summed E-state index contributed by atoms with van der Waals surface area (Å²) >= 11 is 1.78. The van der Waals surface area contributed by atoms with Crippen LogP contribution < -0.4 is 5.32 Å². The lowest BCUT2D eigenvalue weighted by Gasteiger charge is -2.07. The molecule has 0 bridgehead atoms. The van der Waals surface area contributed by atoms with Crippen LogP contribution in [0.25, 0.3) is 0 Å². The van der Waals surface area contributed by atoms with E-state index in [0.717, 1.165) is 17.8 Å². The Hall–Kier alpha value is -1.79. The summed E-state index contributed by atoms with van der Waals surface area (Å²) in [5.41, 5.74) is 2.72.